The maximum Gasteiger partial charge on any atom is 2.00 e. The Morgan fingerprint density at radius 2 is 1.12 bits per heavy atom. The van der Waals surface area contributed by atoms with Crippen molar-refractivity contribution in [3.8, 4) is 0 Å². The van der Waals surface area contributed by atoms with Crippen molar-refractivity contribution in [3.05, 3.63) is 88.7 Å². The Hall–Kier alpha value is -1.53. The molecule has 0 saturated heterocycles. The second-order valence-corrected chi connectivity index (χ2v) is 7.98. The van der Waals surface area contributed by atoms with E-state index >= 15 is 0 Å². The van der Waals surface area contributed by atoms with Crippen LogP contribution < -0.4 is 35.4 Å². The molecule has 3 aromatic rings. The first-order valence-electron chi connectivity index (χ1n) is 10.8. The van der Waals surface area contributed by atoms with Gasteiger partial charge in [-0.2, -0.15) is 0 Å². The van der Waals surface area contributed by atoms with E-state index in [0.717, 1.165) is 38.4 Å². The van der Waals surface area contributed by atoms with Gasteiger partial charge in [0, 0.05) is 50.3 Å². The summed E-state index contributed by atoms with van der Waals surface area (Å²) in [5.41, 5.74) is 8.79. The van der Waals surface area contributed by atoms with Crippen molar-refractivity contribution >= 4 is 11.4 Å². The van der Waals surface area contributed by atoms with Crippen LogP contribution in [0.25, 0.3) is 0 Å². The van der Waals surface area contributed by atoms with E-state index in [2.05, 4.69) is 96.7 Å². The van der Waals surface area contributed by atoms with Gasteiger partial charge in [0.2, 0.25) is 0 Å². The summed E-state index contributed by atoms with van der Waals surface area (Å²) < 4.78 is 0. The molecule has 2 aromatic carbocycles. The predicted octanol–water partition coefficient (Wildman–Crippen LogP) is -0.653. The molecule has 1 aromatic heterocycles. The molecule has 0 bridgehead atoms. The van der Waals surface area contributed by atoms with Gasteiger partial charge < -0.3 is 35.4 Å². The van der Waals surface area contributed by atoms with Crippen LogP contribution in [-0.4, -0.2) is 36.1 Å². The van der Waals surface area contributed by atoms with Crippen molar-refractivity contribution in [3.63, 3.8) is 0 Å². The van der Waals surface area contributed by atoms with E-state index < -0.39 is 0 Å². The second kappa shape index (κ2) is 16.2. The monoisotopic (exact) mass is 579 g/mol. The minimum absolute atomic E-state index is 0. The maximum atomic E-state index is 4.53. The fraction of sp³-hybridized carbons (Fsp3) is 0.346. The third kappa shape index (κ3) is 9.70. The van der Waals surface area contributed by atoms with Crippen LogP contribution >= 0.6 is 0 Å². The minimum Gasteiger partial charge on any atom is -1.00 e. The summed E-state index contributed by atoms with van der Waals surface area (Å²) in [6.07, 6.45) is 1.87. The molecule has 3 rings (SSSR count). The van der Waals surface area contributed by atoms with Crippen LogP contribution in [0.5, 0.6) is 0 Å². The maximum absolute atomic E-state index is 4.53. The predicted molar refractivity (Wildman–Crippen MR) is 128 cm³/mol. The van der Waals surface area contributed by atoms with Crippen molar-refractivity contribution in [2.75, 3.05) is 36.8 Å². The van der Waals surface area contributed by atoms with E-state index in [9.17, 15) is 0 Å². The normalized spacial score (nSPS) is 9.97. The summed E-state index contributed by atoms with van der Waals surface area (Å²) in [5, 5.41) is 7.28. The smallest absolute Gasteiger partial charge is 1.00 e. The second-order valence-electron chi connectivity index (χ2n) is 7.98. The number of rotatable bonds is 10. The zero-order valence-corrected chi connectivity index (χ0v) is 22.8. The van der Waals surface area contributed by atoms with E-state index in [1.54, 1.807) is 0 Å². The summed E-state index contributed by atoms with van der Waals surface area (Å²) in [5.74, 6) is 0. The van der Waals surface area contributed by atoms with Gasteiger partial charge >= 0.3 is 22.4 Å². The Morgan fingerprint density at radius 3 is 1.52 bits per heavy atom. The number of nitrogens with one attached hydrogen (secondary N) is 2. The van der Waals surface area contributed by atoms with Gasteiger partial charge in [-0.05, 0) is 62.1 Å². The summed E-state index contributed by atoms with van der Waals surface area (Å²) in [6, 6.07) is 19.0. The molecule has 1 heterocycles. The Morgan fingerprint density at radius 1 is 0.667 bits per heavy atom. The van der Waals surface area contributed by atoms with E-state index in [1.165, 1.54) is 33.6 Å². The summed E-state index contributed by atoms with van der Waals surface area (Å²) in [4.78, 5) is 6.99. The standard InChI is InChI=1S/C26H34N4.Ag.2ClH/c1-20-9-7-10-21(2)25(20)28-15-17-30(19-24-13-5-6-14-27-24)18-16-29-26-22(3)11-8-12-23(26)4;;;/h5-14,28-29H,15-19H2,1-4H3;;2*1H/q;+2;;/p-2. The van der Waals surface area contributed by atoms with Gasteiger partial charge in [-0.1, -0.05) is 42.5 Å². The molecule has 33 heavy (non-hydrogen) atoms. The molecular formula is C26H34AgCl2N4. The van der Waals surface area contributed by atoms with Gasteiger partial charge in [0.05, 0.1) is 5.69 Å². The molecule has 0 unspecified atom stereocenters. The molecule has 0 aliphatic rings. The average molecular weight is 581 g/mol. The minimum atomic E-state index is 0. The SMILES string of the molecule is Cc1cccc(C)c1NCCN(CCNc1c(C)cccc1C)Cc1ccccn1.[Ag+2].[Cl-].[Cl-]. The first-order chi connectivity index (χ1) is 14.5. The molecule has 0 fully saturated rings. The molecule has 0 saturated carbocycles. The van der Waals surface area contributed by atoms with Gasteiger partial charge in [-0.15, -0.1) is 0 Å². The van der Waals surface area contributed by atoms with Gasteiger partial charge in [0.25, 0.3) is 0 Å². The average Bonchev–Trinajstić information content (AvgIpc) is 2.73. The summed E-state index contributed by atoms with van der Waals surface area (Å²) in [7, 11) is 0. The molecule has 2 N–H and O–H groups in total. The zero-order valence-electron chi connectivity index (χ0n) is 19.8. The molecule has 1 radical (unpaired) electrons. The van der Waals surface area contributed by atoms with Crippen LogP contribution in [0.2, 0.25) is 0 Å². The van der Waals surface area contributed by atoms with Gasteiger partial charge in [0.15, 0.2) is 0 Å². The fourth-order valence-electron chi connectivity index (χ4n) is 3.86. The van der Waals surface area contributed by atoms with Gasteiger partial charge in [-0.25, -0.2) is 0 Å². The van der Waals surface area contributed by atoms with Crippen molar-refractivity contribution in [2.24, 2.45) is 0 Å². The first-order valence-corrected chi connectivity index (χ1v) is 10.8. The van der Waals surface area contributed by atoms with Crippen LogP contribution in [0, 0.1) is 27.7 Å². The number of hydrogen-bond acceptors (Lipinski definition) is 4. The third-order valence-corrected chi connectivity index (χ3v) is 5.53. The number of halogens is 2. The van der Waals surface area contributed by atoms with Crippen LogP contribution in [-0.2, 0) is 28.9 Å². The van der Waals surface area contributed by atoms with E-state index in [1.807, 2.05) is 12.3 Å². The first kappa shape index (κ1) is 31.5. The number of aromatic nitrogens is 1. The van der Waals surface area contributed by atoms with Crippen molar-refractivity contribution in [1.82, 2.24) is 9.88 Å². The largest absolute Gasteiger partial charge is 2.00 e. The van der Waals surface area contributed by atoms with Gasteiger partial charge in [0.1, 0.15) is 0 Å². The fourth-order valence-corrected chi connectivity index (χ4v) is 3.86. The Labute approximate surface area is 227 Å². The van der Waals surface area contributed by atoms with Crippen LogP contribution in [0.1, 0.15) is 27.9 Å². The quantitative estimate of drug-likeness (QED) is 0.313. The molecule has 183 valence electrons. The van der Waals surface area contributed by atoms with Crippen LogP contribution in [0.4, 0.5) is 11.4 Å². The summed E-state index contributed by atoms with van der Waals surface area (Å²) >= 11 is 0. The molecular weight excluding hydrogens is 547 g/mol. The zero-order chi connectivity index (χ0) is 21.3. The van der Waals surface area contributed by atoms with Crippen LogP contribution in [0.3, 0.4) is 0 Å². The molecule has 0 amide bonds. The number of nitrogens with zero attached hydrogens (tertiary/aromatic N) is 2. The number of anilines is 2. The van der Waals surface area contributed by atoms with Gasteiger partial charge in [-0.3, -0.25) is 9.88 Å². The number of hydrogen-bond donors (Lipinski definition) is 2. The number of para-hydroxylation sites is 2. The summed E-state index contributed by atoms with van der Waals surface area (Å²) in [6.45, 7) is 13.2. The Balaban J connectivity index is 0.00000341. The van der Waals surface area contributed by atoms with Crippen molar-refractivity contribution in [1.29, 1.82) is 0 Å². The molecule has 4 nitrogen and oxygen atoms in total. The number of benzene rings is 2. The molecule has 7 heteroatoms. The van der Waals surface area contributed by atoms with E-state index in [-0.39, 0.29) is 47.2 Å². The molecule has 0 aliphatic carbocycles. The topological polar surface area (TPSA) is 40.2 Å². The Kier molecular flexibility index (Phi) is 15.4. The molecule has 0 aliphatic heterocycles. The van der Waals surface area contributed by atoms with E-state index in [0.29, 0.717) is 0 Å². The molecule has 0 atom stereocenters. The molecule has 0 spiro atoms. The number of aryl methyl sites for hydroxylation is 4. The van der Waals surface area contributed by atoms with Crippen molar-refractivity contribution in [2.45, 2.75) is 34.2 Å². The van der Waals surface area contributed by atoms with E-state index in [4.69, 9.17) is 0 Å². The Bertz CT molecular complexity index is 856. The van der Waals surface area contributed by atoms with Crippen LogP contribution in [0.15, 0.2) is 60.8 Å². The third-order valence-electron chi connectivity index (χ3n) is 5.53. The van der Waals surface area contributed by atoms with Crippen molar-refractivity contribution < 1.29 is 47.2 Å². The number of pyridine rings is 1.